The highest BCUT2D eigenvalue weighted by Gasteiger charge is 2.34. The minimum absolute atomic E-state index is 0.113. The lowest BCUT2D eigenvalue weighted by molar-refractivity contribution is 1.02. The number of para-hydroxylation sites is 2. The second kappa shape index (κ2) is 10.00. The summed E-state index contributed by atoms with van der Waals surface area (Å²) in [6.45, 7) is 0. The van der Waals surface area contributed by atoms with Crippen LogP contribution in [0, 0.1) is 0 Å². The van der Waals surface area contributed by atoms with E-state index < -0.39 is 0 Å². The minimum atomic E-state index is 0.113. The van der Waals surface area contributed by atoms with Crippen LogP contribution in [0.4, 0.5) is 5.00 Å². The Bertz CT molecular complexity index is 2520. The highest BCUT2D eigenvalue weighted by Crippen LogP contribution is 2.51. The molecule has 46 heavy (non-hydrogen) atoms. The molecule has 6 aromatic carbocycles. The van der Waals surface area contributed by atoms with E-state index in [1.54, 1.807) is 0 Å². The first-order valence-corrected chi connectivity index (χ1v) is 16.7. The largest absolute Gasteiger partial charge is 0.309 e. The Kier molecular flexibility index (Phi) is 5.60. The van der Waals surface area contributed by atoms with Crippen LogP contribution in [-0.4, -0.2) is 10.3 Å². The lowest BCUT2D eigenvalue weighted by Gasteiger charge is -2.20. The summed E-state index contributed by atoms with van der Waals surface area (Å²) >= 11 is 1.81. The van der Waals surface area contributed by atoms with Gasteiger partial charge in [0.15, 0.2) is 0 Å². The van der Waals surface area contributed by atoms with E-state index >= 15 is 0 Å². The first kappa shape index (κ1) is 25.8. The molecule has 0 saturated carbocycles. The molecule has 1 aliphatic heterocycles. The van der Waals surface area contributed by atoms with E-state index in [2.05, 4.69) is 156 Å². The molecule has 0 amide bonds. The number of thiophene rings is 1. The van der Waals surface area contributed by atoms with Gasteiger partial charge in [-0.3, -0.25) is 0 Å². The predicted octanol–water partition coefficient (Wildman–Crippen LogP) is 11.4. The predicted molar refractivity (Wildman–Crippen MR) is 194 cm³/mol. The maximum atomic E-state index is 5.64. The Morgan fingerprint density at radius 3 is 2.04 bits per heavy atom. The van der Waals surface area contributed by atoms with Gasteiger partial charge < -0.3 is 4.57 Å². The molecule has 3 heterocycles. The van der Waals surface area contributed by atoms with Crippen LogP contribution in [0.5, 0.6) is 0 Å². The van der Waals surface area contributed by atoms with Gasteiger partial charge >= 0.3 is 0 Å². The fraction of sp³-hybridized carbons (Fsp3) is 0.0465. The molecular weight excluding hydrogens is 577 g/mol. The number of aromatic nitrogens is 1. The lowest BCUT2D eigenvalue weighted by atomic mass is 9.83. The Balaban J connectivity index is 1.26. The molecule has 0 saturated heterocycles. The molecule has 0 spiro atoms. The van der Waals surface area contributed by atoms with Crippen molar-refractivity contribution in [3.8, 4) is 16.8 Å². The van der Waals surface area contributed by atoms with Gasteiger partial charge in [0.2, 0.25) is 0 Å². The van der Waals surface area contributed by atoms with Crippen molar-refractivity contribution < 1.29 is 0 Å². The maximum Gasteiger partial charge on any atom is 0.121 e. The van der Waals surface area contributed by atoms with Crippen molar-refractivity contribution in [3.05, 3.63) is 179 Å². The van der Waals surface area contributed by atoms with Gasteiger partial charge in [-0.15, -0.1) is 11.3 Å². The van der Waals surface area contributed by atoms with E-state index in [1.165, 1.54) is 65.3 Å². The summed E-state index contributed by atoms with van der Waals surface area (Å²) in [6, 6.07) is 53.0. The molecule has 8 aromatic rings. The number of benzene rings is 6. The second-order valence-corrected chi connectivity index (χ2v) is 13.3. The van der Waals surface area contributed by atoms with Gasteiger partial charge in [-0.2, -0.15) is 0 Å². The highest BCUT2D eigenvalue weighted by molar-refractivity contribution is 7.22. The first-order valence-electron chi connectivity index (χ1n) is 15.9. The zero-order valence-electron chi connectivity index (χ0n) is 25.0. The van der Waals surface area contributed by atoms with Crippen LogP contribution >= 0.6 is 11.3 Å². The van der Waals surface area contributed by atoms with Crippen LogP contribution in [0.1, 0.15) is 28.2 Å². The molecule has 216 valence electrons. The highest BCUT2D eigenvalue weighted by atomic mass is 32.1. The summed E-state index contributed by atoms with van der Waals surface area (Å²) in [7, 11) is 0. The lowest BCUT2D eigenvalue weighted by Crippen LogP contribution is -2.13. The third kappa shape index (κ3) is 3.73. The summed E-state index contributed by atoms with van der Waals surface area (Å²) in [5.41, 5.74) is 13.8. The second-order valence-electron chi connectivity index (χ2n) is 12.2. The standard InChI is InChI=1S/C43H28N2S/c1-2-12-28(13-3-1)45-38-20-10-8-16-31(38)32-23-22-27(26-39(32)45)42-37(25-24-36-33-17-9-11-21-40(33)46-43(36)44-42)41-34-18-6-4-14-29(34)30-15-5-7-19-35(30)41/h1-23,25-26,41H,24H2. The molecule has 3 heteroatoms. The van der Waals surface area contributed by atoms with Crippen LogP contribution in [0.2, 0.25) is 0 Å². The molecule has 2 aliphatic rings. The maximum absolute atomic E-state index is 5.64. The van der Waals surface area contributed by atoms with Crippen LogP contribution in [0.3, 0.4) is 0 Å². The zero-order valence-corrected chi connectivity index (χ0v) is 25.8. The molecule has 0 bridgehead atoms. The Morgan fingerprint density at radius 1 is 0.587 bits per heavy atom. The fourth-order valence-electron chi connectivity index (χ4n) is 7.80. The SMILES string of the molecule is C1=C(C2c3ccccc3-c3ccccc32)C(c2ccc3c4ccccc4n(-c4ccccc4)c3c2)=Nc2sc3ccccc3c2C1. The fourth-order valence-corrected chi connectivity index (χ4v) is 8.91. The van der Waals surface area contributed by atoms with Crippen LogP contribution in [0.15, 0.2) is 162 Å². The molecular formula is C43H28N2S. The van der Waals surface area contributed by atoms with Gasteiger partial charge in [0.1, 0.15) is 5.00 Å². The van der Waals surface area contributed by atoms with Crippen molar-refractivity contribution >= 4 is 53.9 Å². The van der Waals surface area contributed by atoms with Crippen molar-refractivity contribution in [2.75, 3.05) is 0 Å². The molecule has 0 N–H and O–H groups in total. The molecule has 0 unspecified atom stereocenters. The number of rotatable bonds is 3. The van der Waals surface area contributed by atoms with E-state index in [9.17, 15) is 0 Å². The average Bonchev–Trinajstić information content (AvgIpc) is 3.71. The third-order valence-electron chi connectivity index (χ3n) is 9.80. The topological polar surface area (TPSA) is 17.3 Å². The monoisotopic (exact) mass is 604 g/mol. The van der Waals surface area contributed by atoms with Gasteiger partial charge in [0.25, 0.3) is 0 Å². The minimum Gasteiger partial charge on any atom is -0.309 e. The third-order valence-corrected chi connectivity index (χ3v) is 10.9. The van der Waals surface area contributed by atoms with Crippen LogP contribution in [-0.2, 0) is 6.42 Å². The van der Waals surface area contributed by atoms with E-state index in [4.69, 9.17) is 4.99 Å². The normalized spacial score (nSPS) is 14.2. The number of allylic oxidation sites excluding steroid dienone is 2. The van der Waals surface area contributed by atoms with Gasteiger partial charge in [0, 0.05) is 38.2 Å². The van der Waals surface area contributed by atoms with E-state index in [0.717, 1.165) is 28.4 Å². The van der Waals surface area contributed by atoms with E-state index in [0.29, 0.717) is 0 Å². The smallest absolute Gasteiger partial charge is 0.121 e. The number of hydrogen-bond acceptors (Lipinski definition) is 2. The van der Waals surface area contributed by atoms with Crippen LogP contribution < -0.4 is 0 Å². The number of fused-ring (bicyclic) bond motifs is 9. The van der Waals surface area contributed by atoms with Gasteiger partial charge in [-0.1, -0.05) is 121 Å². The van der Waals surface area contributed by atoms with E-state index in [1.807, 2.05) is 11.3 Å². The number of nitrogens with zero attached hydrogens (tertiary/aromatic N) is 2. The zero-order chi connectivity index (χ0) is 30.2. The molecule has 1 aliphatic carbocycles. The van der Waals surface area contributed by atoms with Gasteiger partial charge in [-0.05, 0) is 70.0 Å². The Morgan fingerprint density at radius 2 is 1.24 bits per heavy atom. The van der Waals surface area contributed by atoms with Crippen molar-refractivity contribution in [1.29, 1.82) is 0 Å². The molecule has 0 fully saturated rings. The van der Waals surface area contributed by atoms with Crippen LogP contribution in [0.25, 0.3) is 48.7 Å². The summed E-state index contributed by atoms with van der Waals surface area (Å²) in [5, 5.41) is 4.94. The quantitative estimate of drug-likeness (QED) is 0.191. The summed E-state index contributed by atoms with van der Waals surface area (Å²) < 4.78 is 3.70. The van der Waals surface area contributed by atoms with Crippen molar-refractivity contribution in [1.82, 2.24) is 4.57 Å². The summed E-state index contributed by atoms with van der Waals surface area (Å²) in [4.78, 5) is 5.64. The molecule has 2 aromatic heterocycles. The van der Waals surface area contributed by atoms with Crippen molar-refractivity contribution in [3.63, 3.8) is 0 Å². The summed E-state index contributed by atoms with van der Waals surface area (Å²) in [6.07, 6.45) is 3.33. The number of aliphatic imine (C=N–C) groups is 1. The number of hydrogen-bond donors (Lipinski definition) is 0. The van der Waals surface area contributed by atoms with Crippen molar-refractivity contribution in [2.45, 2.75) is 12.3 Å². The molecule has 0 radical (unpaired) electrons. The molecule has 0 atom stereocenters. The van der Waals surface area contributed by atoms with E-state index in [-0.39, 0.29) is 5.92 Å². The van der Waals surface area contributed by atoms with Gasteiger partial charge in [0.05, 0.1) is 16.7 Å². The average molecular weight is 605 g/mol. The summed E-state index contributed by atoms with van der Waals surface area (Å²) in [5.74, 6) is 0.113. The van der Waals surface area contributed by atoms with Gasteiger partial charge in [-0.25, -0.2) is 4.99 Å². The molecule has 10 rings (SSSR count). The molecule has 2 nitrogen and oxygen atoms in total. The van der Waals surface area contributed by atoms with Crippen molar-refractivity contribution in [2.24, 2.45) is 4.99 Å². The Hall–Kier alpha value is -5.51. The Labute approximate surface area is 271 Å². The first-order chi connectivity index (χ1) is 22.8.